The van der Waals surface area contributed by atoms with Gasteiger partial charge in [0, 0.05) is 36.9 Å². The first-order chi connectivity index (χ1) is 19.6. The lowest BCUT2D eigenvalue weighted by Gasteiger charge is -2.29. The average Bonchev–Trinajstić information content (AvgIpc) is 3.46. The number of hydrogen-bond acceptors (Lipinski definition) is 4. The predicted octanol–water partition coefficient (Wildman–Crippen LogP) is 7.43. The largest absolute Gasteiger partial charge is 0.298 e. The Labute approximate surface area is 245 Å². The summed E-state index contributed by atoms with van der Waals surface area (Å²) in [5.41, 5.74) is 5.46. The van der Waals surface area contributed by atoms with Crippen molar-refractivity contribution in [2.75, 3.05) is 17.8 Å². The van der Waals surface area contributed by atoms with Crippen molar-refractivity contribution >= 4 is 15.7 Å². The molecule has 2 heterocycles. The van der Waals surface area contributed by atoms with Gasteiger partial charge in [-0.3, -0.25) is 14.6 Å². The van der Waals surface area contributed by atoms with E-state index in [1.54, 1.807) is 18.2 Å². The minimum Gasteiger partial charge on any atom is -0.298 e. The molecule has 220 valence electrons. The number of nitrogens with zero attached hydrogens (tertiary/aromatic N) is 2. The van der Waals surface area contributed by atoms with Gasteiger partial charge in [0.2, 0.25) is 0 Å². The van der Waals surface area contributed by atoms with E-state index < -0.39 is 15.8 Å². The Hall–Kier alpha value is -2.77. The molecule has 5 rings (SSSR count). The second kappa shape index (κ2) is 12.6. The van der Waals surface area contributed by atoms with Crippen LogP contribution in [0.4, 0.5) is 10.1 Å². The zero-order chi connectivity index (χ0) is 29.0. The Morgan fingerprint density at radius 1 is 0.976 bits per heavy atom. The number of nitrogens with one attached hydrogen (secondary N) is 1. The molecule has 3 aromatic rings. The quantitative estimate of drug-likeness (QED) is 0.272. The van der Waals surface area contributed by atoms with Gasteiger partial charge < -0.3 is 0 Å². The van der Waals surface area contributed by atoms with E-state index in [4.69, 9.17) is 0 Å². The first kappa shape index (κ1) is 29.7. The molecule has 0 bridgehead atoms. The summed E-state index contributed by atoms with van der Waals surface area (Å²) < 4.78 is 43.7. The molecule has 1 N–H and O–H groups in total. The van der Waals surface area contributed by atoms with Gasteiger partial charge in [0.05, 0.1) is 10.6 Å². The highest BCUT2D eigenvalue weighted by atomic mass is 32.2. The smallest absolute Gasteiger partial charge is 0.261 e. The van der Waals surface area contributed by atoms with Gasteiger partial charge >= 0.3 is 0 Å². The lowest BCUT2D eigenvalue weighted by molar-refractivity contribution is 0.257. The van der Waals surface area contributed by atoms with E-state index in [1.165, 1.54) is 43.7 Å². The maximum absolute atomic E-state index is 14.9. The number of sulfonamides is 1. The van der Waals surface area contributed by atoms with Gasteiger partial charge in [-0.15, -0.1) is 0 Å². The molecule has 1 fully saturated rings. The molecule has 0 spiro atoms. The van der Waals surface area contributed by atoms with E-state index in [0.29, 0.717) is 0 Å². The molecule has 0 amide bonds. The molecule has 7 heteroatoms. The van der Waals surface area contributed by atoms with Gasteiger partial charge in [0.25, 0.3) is 10.0 Å². The summed E-state index contributed by atoms with van der Waals surface area (Å²) in [4.78, 5) is 7.22. The molecule has 2 aromatic carbocycles. The lowest BCUT2D eigenvalue weighted by atomic mass is 9.91. The monoisotopic (exact) mass is 577 g/mol. The van der Waals surface area contributed by atoms with Crippen molar-refractivity contribution < 1.29 is 12.8 Å². The SMILES string of the molecule is CC(C)(C)c1ccc(CCN2CCc3cc(S(=O)(=O)Nc4ccc(CCCC5CCCC5)cc4F)ccc3C2)cn1. The van der Waals surface area contributed by atoms with Crippen molar-refractivity contribution in [1.29, 1.82) is 0 Å². The first-order valence-electron chi connectivity index (χ1n) is 15.2. The van der Waals surface area contributed by atoms with Gasteiger partial charge in [-0.25, -0.2) is 12.8 Å². The summed E-state index contributed by atoms with van der Waals surface area (Å²) in [6.45, 7) is 9.08. The van der Waals surface area contributed by atoms with E-state index in [-0.39, 0.29) is 16.0 Å². The van der Waals surface area contributed by atoms with Crippen LogP contribution in [-0.2, 0) is 41.2 Å². The van der Waals surface area contributed by atoms with E-state index in [9.17, 15) is 12.8 Å². The number of rotatable bonds is 10. The fourth-order valence-electron chi connectivity index (χ4n) is 6.14. The highest BCUT2D eigenvalue weighted by Gasteiger charge is 2.22. The van der Waals surface area contributed by atoms with Crippen LogP contribution < -0.4 is 4.72 Å². The molecule has 0 saturated heterocycles. The predicted molar refractivity (Wildman–Crippen MR) is 164 cm³/mol. The van der Waals surface area contributed by atoms with Crippen molar-refractivity contribution in [2.45, 2.75) is 95.4 Å². The van der Waals surface area contributed by atoms with E-state index >= 15 is 0 Å². The molecule has 1 saturated carbocycles. The van der Waals surface area contributed by atoms with Crippen LogP contribution in [0.15, 0.2) is 59.6 Å². The molecule has 1 aliphatic carbocycles. The number of benzene rings is 2. The summed E-state index contributed by atoms with van der Waals surface area (Å²) in [5, 5.41) is 0. The second-order valence-corrected chi connectivity index (χ2v) is 14.7. The summed E-state index contributed by atoms with van der Waals surface area (Å²) in [6, 6.07) is 14.4. The third-order valence-corrected chi connectivity index (χ3v) is 10.1. The van der Waals surface area contributed by atoms with Gasteiger partial charge in [-0.2, -0.15) is 0 Å². The van der Waals surface area contributed by atoms with E-state index in [0.717, 1.165) is 73.6 Å². The summed E-state index contributed by atoms with van der Waals surface area (Å²) in [5.74, 6) is 0.295. The lowest BCUT2D eigenvalue weighted by Crippen LogP contribution is -2.32. The Morgan fingerprint density at radius 3 is 2.46 bits per heavy atom. The van der Waals surface area contributed by atoms with Gasteiger partial charge in [-0.05, 0) is 84.2 Å². The topological polar surface area (TPSA) is 62.3 Å². The zero-order valence-electron chi connectivity index (χ0n) is 24.8. The van der Waals surface area contributed by atoms with Crippen LogP contribution in [0.25, 0.3) is 0 Å². The molecule has 41 heavy (non-hydrogen) atoms. The summed E-state index contributed by atoms with van der Waals surface area (Å²) in [6.07, 6.45) is 12.1. The van der Waals surface area contributed by atoms with Crippen LogP contribution >= 0.6 is 0 Å². The summed E-state index contributed by atoms with van der Waals surface area (Å²) in [7, 11) is -3.89. The second-order valence-electron chi connectivity index (χ2n) is 13.0. The Bertz CT molecular complexity index is 1440. The van der Waals surface area contributed by atoms with Crippen molar-refractivity contribution in [3.63, 3.8) is 0 Å². The fourth-order valence-corrected chi connectivity index (χ4v) is 7.26. The molecule has 5 nitrogen and oxygen atoms in total. The van der Waals surface area contributed by atoms with E-state index in [1.807, 2.05) is 18.3 Å². The van der Waals surface area contributed by atoms with Crippen molar-refractivity contribution in [3.05, 3.63) is 88.5 Å². The van der Waals surface area contributed by atoms with Crippen LogP contribution in [-0.4, -0.2) is 31.4 Å². The van der Waals surface area contributed by atoms with Gasteiger partial charge in [0.1, 0.15) is 5.82 Å². The minimum absolute atomic E-state index is 0.00142. The number of hydrogen-bond donors (Lipinski definition) is 1. The third-order valence-electron chi connectivity index (χ3n) is 8.72. The zero-order valence-corrected chi connectivity index (χ0v) is 25.6. The first-order valence-corrected chi connectivity index (χ1v) is 16.7. The van der Waals surface area contributed by atoms with Crippen LogP contribution in [0, 0.1) is 11.7 Å². The maximum atomic E-state index is 14.9. The van der Waals surface area contributed by atoms with Crippen molar-refractivity contribution in [3.8, 4) is 0 Å². The van der Waals surface area contributed by atoms with Gasteiger partial charge in [0.15, 0.2) is 0 Å². The highest BCUT2D eigenvalue weighted by molar-refractivity contribution is 7.92. The number of fused-ring (bicyclic) bond motifs is 1. The number of anilines is 1. The van der Waals surface area contributed by atoms with Crippen molar-refractivity contribution in [1.82, 2.24) is 9.88 Å². The maximum Gasteiger partial charge on any atom is 0.261 e. The van der Waals surface area contributed by atoms with Crippen LogP contribution in [0.5, 0.6) is 0 Å². The standard InChI is InChI=1S/C34H44FN3O2S/c1-34(2,3)33-16-12-27(23-36-33)17-19-38-20-18-28-22-30(14-13-29(28)24-38)41(39,40)37-32-15-11-26(21-31(32)35)10-6-9-25-7-4-5-8-25/h11-16,21-23,25,37H,4-10,17-20,24H2,1-3H3. The number of pyridine rings is 1. The Morgan fingerprint density at radius 2 is 1.76 bits per heavy atom. The van der Waals surface area contributed by atoms with Crippen molar-refractivity contribution in [2.24, 2.45) is 5.92 Å². The number of halogens is 1. The highest BCUT2D eigenvalue weighted by Crippen LogP contribution is 2.30. The molecule has 0 radical (unpaired) electrons. The van der Waals surface area contributed by atoms with Crippen LogP contribution in [0.2, 0.25) is 0 Å². The molecular formula is C34H44FN3O2S. The average molecular weight is 578 g/mol. The van der Waals surface area contributed by atoms with Gasteiger partial charge in [-0.1, -0.05) is 71.1 Å². The molecule has 0 unspecified atom stereocenters. The van der Waals surface area contributed by atoms with Crippen LogP contribution in [0.1, 0.15) is 87.2 Å². The van der Waals surface area contributed by atoms with Crippen LogP contribution in [0.3, 0.4) is 0 Å². The normalized spacial score (nSPS) is 16.6. The molecule has 2 aliphatic rings. The molecule has 1 aliphatic heterocycles. The molecule has 1 aromatic heterocycles. The van der Waals surface area contributed by atoms with E-state index in [2.05, 4.69) is 47.5 Å². The third kappa shape index (κ3) is 7.75. The Balaban J connectivity index is 1.15. The molecular weight excluding hydrogens is 533 g/mol. The fraction of sp³-hybridized carbons (Fsp3) is 0.500. The number of aryl methyl sites for hydroxylation is 1. The summed E-state index contributed by atoms with van der Waals surface area (Å²) >= 11 is 0. The molecule has 0 atom stereocenters. The number of aromatic nitrogens is 1. The Kier molecular flexibility index (Phi) is 9.15. The minimum atomic E-state index is -3.89.